The number of rotatable bonds is 5. The fourth-order valence-corrected chi connectivity index (χ4v) is 2.68. The van der Waals surface area contributed by atoms with Gasteiger partial charge in [-0.15, -0.1) is 0 Å². The Morgan fingerprint density at radius 1 is 1.33 bits per heavy atom. The zero-order valence-corrected chi connectivity index (χ0v) is 14.9. The van der Waals surface area contributed by atoms with Crippen LogP contribution in [0.25, 0.3) is 0 Å². The SMILES string of the molecule is CC(C)(C)OC(=O)N1CCC(COCC(N)c2ccncc2)CC1. The molecule has 1 aliphatic heterocycles. The van der Waals surface area contributed by atoms with Crippen LogP contribution in [0.1, 0.15) is 45.2 Å². The van der Waals surface area contributed by atoms with Crippen molar-refractivity contribution in [3.63, 3.8) is 0 Å². The van der Waals surface area contributed by atoms with Gasteiger partial charge < -0.3 is 20.1 Å². The molecule has 1 unspecified atom stereocenters. The Labute approximate surface area is 144 Å². The number of hydrogen-bond acceptors (Lipinski definition) is 5. The van der Waals surface area contributed by atoms with E-state index in [1.54, 1.807) is 17.3 Å². The monoisotopic (exact) mass is 335 g/mol. The van der Waals surface area contributed by atoms with Gasteiger partial charge in [-0.25, -0.2) is 4.79 Å². The van der Waals surface area contributed by atoms with Crippen molar-refractivity contribution in [2.75, 3.05) is 26.3 Å². The van der Waals surface area contributed by atoms with Gasteiger partial charge in [0.15, 0.2) is 0 Å². The van der Waals surface area contributed by atoms with Gasteiger partial charge in [-0.05, 0) is 57.2 Å². The maximum atomic E-state index is 12.0. The number of likely N-dealkylation sites (tertiary alicyclic amines) is 1. The fraction of sp³-hybridized carbons (Fsp3) is 0.667. The van der Waals surface area contributed by atoms with Crippen LogP contribution >= 0.6 is 0 Å². The largest absolute Gasteiger partial charge is 0.444 e. The third kappa shape index (κ3) is 6.09. The average molecular weight is 335 g/mol. The average Bonchev–Trinajstić information content (AvgIpc) is 2.54. The molecular formula is C18H29N3O3. The van der Waals surface area contributed by atoms with E-state index in [0.717, 1.165) is 31.5 Å². The van der Waals surface area contributed by atoms with Crippen molar-refractivity contribution < 1.29 is 14.3 Å². The summed E-state index contributed by atoms with van der Waals surface area (Å²) < 4.78 is 11.2. The lowest BCUT2D eigenvalue weighted by atomic mass is 9.98. The smallest absolute Gasteiger partial charge is 0.410 e. The van der Waals surface area contributed by atoms with E-state index >= 15 is 0 Å². The van der Waals surface area contributed by atoms with E-state index < -0.39 is 5.60 Å². The highest BCUT2D eigenvalue weighted by atomic mass is 16.6. The normalized spacial score (nSPS) is 17.6. The Kier molecular flexibility index (Phi) is 6.57. The molecule has 1 amide bonds. The van der Waals surface area contributed by atoms with Crippen LogP contribution in [0.15, 0.2) is 24.5 Å². The topological polar surface area (TPSA) is 77.7 Å². The lowest BCUT2D eigenvalue weighted by Gasteiger charge is -2.33. The van der Waals surface area contributed by atoms with Gasteiger partial charge in [0.2, 0.25) is 0 Å². The first kappa shape index (κ1) is 18.7. The number of hydrogen-bond donors (Lipinski definition) is 1. The molecular weight excluding hydrogens is 306 g/mol. The van der Waals surface area contributed by atoms with Gasteiger partial charge in [-0.2, -0.15) is 0 Å². The Balaban J connectivity index is 1.65. The molecule has 0 bridgehead atoms. The molecule has 2 N–H and O–H groups in total. The number of carbonyl (C=O) groups excluding carboxylic acids is 1. The second-order valence-electron chi connectivity index (χ2n) is 7.34. The second kappa shape index (κ2) is 8.44. The van der Waals surface area contributed by atoms with Gasteiger partial charge in [0, 0.05) is 32.1 Å². The highest BCUT2D eigenvalue weighted by Crippen LogP contribution is 2.20. The number of amides is 1. The predicted octanol–water partition coefficient (Wildman–Crippen LogP) is 2.75. The summed E-state index contributed by atoms with van der Waals surface area (Å²) in [6, 6.07) is 3.69. The number of carbonyl (C=O) groups is 1. The lowest BCUT2D eigenvalue weighted by Crippen LogP contribution is -2.42. The third-order valence-corrected chi connectivity index (χ3v) is 4.05. The van der Waals surface area contributed by atoms with E-state index in [1.165, 1.54) is 0 Å². The van der Waals surface area contributed by atoms with Crippen LogP contribution in [0, 0.1) is 5.92 Å². The predicted molar refractivity (Wildman–Crippen MR) is 92.5 cm³/mol. The molecule has 0 radical (unpaired) electrons. The van der Waals surface area contributed by atoms with E-state index in [0.29, 0.717) is 19.1 Å². The summed E-state index contributed by atoms with van der Waals surface area (Å²) >= 11 is 0. The molecule has 6 nitrogen and oxygen atoms in total. The van der Waals surface area contributed by atoms with Crippen molar-refractivity contribution in [2.24, 2.45) is 11.7 Å². The van der Waals surface area contributed by atoms with Gasteiger partial charge in [0.25, 0.3) is 0 Å². The molecule has 1 aromatic rings. The van der Waals surface area contributed by atoms with Crippen molar-refractivity contribution in [3.05, 3.63) is 30.1 Å². The van der Waals surface area contributed by atoms with Crippen molar-refractivity contribution in [3.8, 4) is 0 Å². The molecule has 0 spiro atoms. The zero-order chi connectivity index (χ0) is 17.6. The zero-order valence-electron chi connectivity index (χ0n) is 14.9. The van der Waals surface area contributed by atoms with Gasteiger partial charge >= 0.3 is 6.09 Å². The summed E-state index contributed by atoms with van der Waals surface area (Å²) in [5.41, 5.74) is 6.70. The molecule has 1 saturated heterocycles. The number of nitrogens with zero attached hydrogens (tertiary/aromatic N) is 2. The van der Waals surface area contributed by atoms with Crippen molar-refractivity contribution in [1.82, 2.24) is 9.88 Å². The van der Waals surface area contributed by atoms with E-state index in [9.17, 15) is 4.79 Å². The van der Waals surface area contributed by atoms with Gasteiger partial charge in [-0.3, -0.25) is 4.98 Å². The molecule has 134 valence electrons. The third-order valence-electron chi connectivity index (χ3n) is 4.05. The summed E-state index contributed by atoms with van der Waals surface area (Å²) in [6.45, 7) is 8.28. The van der Waals surface area contributed by atoms with Crippen LogP contribution in [0.3, 0.4) is 0 Å². The van der Waals surface area contributed by atoms with Crippen molar-refractivity contribution in [2.45, 2.75) is 45.3 Å². The maximum Gasteiger partial charge on any atom is 0.410 e. The molecule has 2 rings (SSSR count). The summed E-state index contributed by atoms with van der Waals surface area (Å²) in [6.07, 6.45) is 5.12. The highest BCUT2D eigenvalue weighted by Gasteiger charge is 2.26. The number of ether oxygens (including phenoxy) is 2. The summed E-state index contributed by atoms with van der Waals surface area (Å²) in [7, 11) is 0. The first-order chi connectivity index (χ1) is 11.3. The van der Waals surface area contributed by atoms with E-state index in [2.05, 4.69) is 4.98 Å². The molecule has 0 aliphatic carbocycles. The van der Waals surface area contributed by atoms with Crippen LogP contribution < -0.4 is 5.73 Å². The molecule has 1 atom stereocenters. The van der Waals surface area contributed by atoms with E-state index in [4.69, 9.17) is 15.2 Å². The van der Waals surface area contributed by atoms with Gasteiger partial charge in [0.05, 0.1) is 12.6 Å². The van der Waals surface area contributed by atoms with Crippen LogP contribution in [0.4, 0.5) is 4.79 Å². The van der Waals surface area contributed by atoms with E-state index in [1.807, 2.05) is 32.9 Å². The lowest BCUT2D eigenvalue weighted by molar-refractivity contribution is 0.0110. The first-order valence-corrected chi connectivity index (χ1v) is 8.56. The maximum absolute atomic E-state index is 12.0. The van der Waals surface area contributed by atoms with Crippen LogP contribution in [0.2, 0.25) is 0 Å². The highest BCUT2D eigenvalue weighted by molar-refractivity contribution is 5.68. The summed E-state index contributed by atoms with van der Waals surface area (Å²) in [4.78, 5) is 17.8. The Morgan fingerprint density at radius 2 is 1.96 bits per heavy atom. The van der Waals surface area contributed by atoms with E-state index in [-0.39, 0.29) is 12.1 Å². The number of aromatic nitrogens is 1. The fourth-order valence-electron chi connectivity index (χ4n) is 2.68. The van der Waals surface area contributed by atoms with Crippen molar-refractivity contribution >= 4 is 6.09 Å². The minimum absolute atomic E-state index is 0.130. The Hall–Kier alpha value is -1.66. The van der Waals surface area contributed by atoms with Crippen LogP contribution in [-0.2, 0) is 9.47 Å². The molecule has 24 heavy (non-hydrogen) atoms. The Bertz CT molecular complexity index is 508. The molecule has 0 aromatic carbocycles. The standard InChI is InChI=1S/C18H29N3O3/c1-18(2,3)24-17(22)21-10-6-14(7-11-21)12-23-13-16(19)15-4-8-20-9-5-15/h4-5,8-9,14,16H,6-7,10-13,19H2,1-3H3. The molecule has 2 heterocycles. The molecule has 0 saturated carbocycles. The van der Waals surface area contributed by atoms with Crippen LogP contribution in [0.5, 0.6) is 0 Å². The number of piperidine rings is 1. The molecule has 1 fully saturated rings. The summed E-state index contributed by atoms with van der Waals surface area (Å²) in [5, 5.41) is 0. The number of pyridine rings is 1. The second-order valence-corrected chi connectivity index (χ2v) is 7.34. The minimum atomic E-state index is -0.444. The van der Waals surface area contributed by atoms with Crippen molar-refractivity contribution in [1.29, 1.82) is 0 Å². The molecule has 6 heteroatoms. The van der Waals surface area contributed by atoms with Gasteiger partial charge in [0.1, 0.15) is 5.60 Å². The van der Waals surface area contributed by atoms with Crippen LogP contribution in [-0.4, -0.2) is 47.9 Å². The minimum Gasteiger partial charge on any atom is -0.444 e. The quantitative estimate of drug-likeness (QED) is 0.895. The molecule has 1 aromatic heterocycles. The number of nitrogens with two attached hydrogens (primary N) is 1. The first-order valence-electron chi connectivity index (χ1n) is 8.56. The Morgan fingerprint density at radius 3 is 2.54 bits per heavy atom. The summed E-state index contributed by atoms with van der Waals surface area (Å²) in [5.74, 6) is 0.466. The van der Waals surface area contributed by atoms with Gasteiger partial charge in [-0.1, -0.05) is 0 Å². The molecule has 1 aliphatic rings.